The third-order valence-electron chi connectivity index (χ3n) is 2.92. The van der Waals surface area contributed by atoms with E-state index in [2.05, 4.69) is 15.6 Å². The third-order valence-corrected chi connectivity index (χ3v) is 3.18. The van der Waals surface area contributed by atoms with Crippen molar-refractivity contribution in [2.75, 3.05) is 26.2 Å². The third kappa shape index (κ3) is 7.52. The molecule has 1 aromatic rings. The van der Waals surface area contributed by atoms with Gasteiger partial charge in [-0.2, -0.15) is 0 Å². The van der Waals surface area contributed by atoms with E-state index < -0.39 is 0 Å². The highest BCUT2D eigenvalue weighted by Crippen LogP contribution is 2.16. The largest absolute Gasteiger partial charge is 0.489 e. The summed E-state index contributed by atoms with van der Waals surface area (Å²) < 4.78 is 5.80. The lowest BCUT2D eigenvalue weighted by Gasteiger charge is -2.18. The van der Waals surface area contributed by atoms with Crippen LogP contribution >= 0.6 is 11.6 Å². The van der Waals surface area contributed by atoms with Gasteiger partial charge in [0.1, 0.15) is 11.9 Å². The van der Waals surface area contributed by atoms with Gasteiger partial charge in [-0.3, -0.25) is 4.99 Å². The molecule has 0 bridgehead atoms. The highest BCUT2D eigenvalue weighted by Gasteiger charge is 2.06. The fourth-order valence-electron chi connectivity index (χ4n) is 1.67. The van der Waals surface area contributed by atoms with Crippen molar-refractivity contribution >= 4 is 17.6 Å². The Balaban J connectivity index is 2.44. The number of rotatable bonds is 8. The van der Waals surface area contributed by atoms with E-state index in [1.165, 1.54) is 0 Å². The fraction of sp³-hybridized carbons (Fsp3) is 0.562. The van der Waals surface area contributed by atoms with E-state index in [1.54, 1.807) is 12.1 Å². The number of nitrogens with zero attached hydrogens (tertiary/aromatic N) is 1. The zero-order valence-corrected chi connectivity index (χ0v) is 14.2. The first-order valence-corrected chi connectivity index (χ1v) is 7.98. The zero-order valence-electron chi connectivity index (χ0n) is 13.5. The van der Waals surface area contributed by atoms with Crippen LogP contribution in [0.15, 0.2) is 29.3 Å². The summed E-state index contributed by atoms with van der Waals surface area (Å²) in [4.78, 5) is 4.44. The number of hydrogen-bond donors (Lipinski definition) is 3. The summed E-state index contributed by atoms with van der Waals surface area (Å²) in [6, 6.07) is 7.31. The molecule has 0 aliphatic carbocycles. The summed E-state index contributed by atoms with van der Waals surface area (Å²) >= 11 is 5.85. The molecular formula is C16H26ClN3O2. The summed E-state index contributed by atoms with van der Waals surface area (Å²) in [5.74, 6) is 1.67. The van der Waals surface area contributed by atoms with E-state index in [0.29, 0.717) is 18.1 Å². The Kier molecular flexibility index (Phi) is 8.70. The SMILES string of the molecule is CCNC(=NCC(C)CO)NCC(C)Oc1ccc(Cl)cc1. The number of aliphatic hydroxyl groups is 1. The first-order valence-electron chi connectivity index (χ1n) is 7.60. The predicted molar refractivity (Wildman–Crippen MR) is 91.8 cm³/mol. The molecular weight excluding hydrogens is 302 g/mol. The van der Waals surface area contributed by atoms with Crippen LogP contribution < -0.4 is 15.4 Å². The van der Waals surface area contributed by atoms with Crippen molar-refractivity contribution in [2.45, 2.75) is 26.9 Å². The number of benzene rings is 1. The zero-order chi connectivity index (χ0) is 16.4. The van der Waals surface area contributed by atoms with Gasteiger partial charge in [-0.05, 0) is 44.0 Å². The minimum atomic E-state index is -0.0136. The fourth-order valence-corrected chi connectivity index (χ4v) is 1.80. The molecule has 0 amide bonds. The predicted octanol–water partition coefficient (Wildman–Crippen LogP) is 2.29. The minimum absolute atomic E-state index is 0.0136. The first-order chi connectivity index (χ1) is 10.5. The molecule has 5 nitrogen and oxygen atoms in total. The lowest BCUT2D eigenvalue weighted by Crippen LogP contribution is -2.42. The molecule has 0 heterocycles. The Labute approximate surface area is 137 Å². The molecule has 0 fully saturated rings. The molecule has 0 radical (unpaired) electrons. The molecule has 0 aliphatic rings. The topological polar surface area (TPSA) is 65.9 Å². The average molecular weight is 328 g/mol. The molecule has 6 heteroatoms. The van der Waals surface area contributed by atoms with Crippen molar-refractivity contribution in [3.8, 4) is 5.75 Å². The van der Waals surface area contributed by atoms with Crippen LogP contribution in [0.2, 0.25) is 5.02 Å². The van der Waals surface area contributed by atoms with Crippen molar-refractivity contribution < 1.29 is 9.84 Å². The monoisotopic (exact) mass is 327 g/mol. The van der Waals surface area contributed by atoms with Gasteiger partial charge in [0, 0.05) is 24.7 Å². The Bertz CT molecular complexity index is 451. The van der Waals surface area contributed by atoms with E-state index >= 15 is 0 Å². The van der Waals surface area contributed by atoms with Crippen molar-refractivity contribution in [2.24, 2.45) is 10.9 Å². The molecule has 0 aromatic heterocycles. The van der Waals surface area contributed by atoms with Gasteiger partial charge < -0.3 is 20.5 Å². The van der Waals surface area contributed by atoms with Gasteiger partial charge in [-0.25, -0.2) is 0 Å². The van der Waals surface area contributed by atoms with Gasteiger partial charge in [-0.15, -0.1) is 0 Å². The maximum Gasteiger partial charge on any atom is 0.191 e. The molecule has 22 heavy (non-hydrogen) atoms. The number of hydrogen-bond acceptors (Lipinski definition) is 3. The number of aliphatic imine (C=N–C) groups is 1. The Hall–Kier alpha value is -1.46. The van der Waals surface area contributed by atoms with Crippen LogP contribution in [0.1, 0.15) is 20.8 Å². The normalized spacial score (nSPS) is 14.3. The van der Waals surface area contributed by atoms with Crippen LogP contribution in [-0.2, 0) is 0 Å². The maximum atomic E-state index is 9.04. The molecule has 3 N–H and O–H groups in total. The minimum Gasteiger partial charge on any atom is -0.489 e. The lowest BCUT2D eigenvalue weighted by atomic mass is 10.2. The quantitative estimate of drug-likeness (QED) is 0.506. The Morgan fingerprint density at radius 2 is 1.95 bits per heavy atom. The average Bonchev–Trinajstić information content (AvgIpc) is 2.52. The van der Waals surface area contributed by atoms with E-state index in [9.17, 15) is 0 Å². The van der Waals surface area contributed by atoms with Gasteiger partial charge in [0.25, 0.3) is 0 Å². The van der Waals surface area contributed by atoms with E-state index in [-0.39, 0.29) is 18.6 Å². The van der Waals surface area contributed by atoms with Crippen LogP contribution in [0.4, 0.5) is 0 Å². The van der Waals surface area contributed by atoms with Gasteiger partial charge in [0.2, 0.25) is 0 Å². The number of guanidine groups is 1. The van der Waals surface area contributed by atoms with Gasteiger partial charge >= 0.3 is 0 Å². The van der Waals surface area contributed by atoms with Crippen LogP contribution in [0.25, 0.3) is 0 Å². The standard InChI is InChI=1S/C16H26ClN3O2/c1-4-18-16(19-9-12(2)11-21)20-10-13(3)22-15-7-5-14(17)6-8-15/h5-8,12-13,21H,4,9-11H2,1-3H3,(H2,18,19,20). The number of nitrogens with one attached hydrogen (secondary N) is 2. The molecule has 2 atom stereocenters. The van der Waals surface area contributed by atoms with E-state index in [4.69, 9.17) is 21.4 Å². The molecule has 0 saturated heterocycles. The maximum absolute atomic E-state index is 9.04. The molecule has 0 saturated carbocycles. The lowest BCUT2D eigenvalue weighted by molar-refractivity contribution is 0.223. The van der Waals surface area contributed by atoms with Crippen molar-refractivity contribution in [1.29, 1.82) is 0 Å². The summed E-state index contributed by atoms with van der Waals surface area (Å²) in [5.41, 5.74) is 0. The number of halogens is 1. The molecule has 124 valence electrons. The van der Waals surface area contributed by atoms with Crippen molar-refractivity contribution in [3.05, 3.63) is 29.3 Å². The smallest absolute Gasteiger partial charge is 0.191 e. The molecule has 2 unspecified atom stereocenters. The number of ether oxygens (including phenoxy) is 1. The summed E-state index contributed by atoms with van der Waals surface area (Å²) in [5, 5.41) is 16.1. The van der Waals surface area contributed by atoms with Crippen molar-refractivity contribution in [3.63, 3.8) is 0 Å². The van der Waals surface area contributed by atoms with Crippen LogP contribution in [0.5, 0.6) is 5.75 Å². The molecule has 0 aliphatic heterocycles. The molecule has 1 aromatic carbocycles. The van der Waals surface area contributed by atoms with E-state index in [0.717, 1.165) is 18.3 Å². The summed E-state index contributed by atoms with van der Waals surface area (Å²) in [6.45, 7) is 8.09. The van der Waals surface area contributed by atoms with Crippen molar-refractivity contribution in [1.82, 2.24) is 10.6 Å². The van der Waals surface area contributed by atoms with Crippen LogP contribution in [-0.4, -0.2) is 43.4 Å². The second-order valence-electron chi connectivity index (χ2n) is 5.27. The number of aliphatic hydroxyl groups excluding tert-OH is 1. The highest BCUT2D eigenvalue weighted by atomic mass is 35.5. The second-order valence-corrected chi connectivity index (χ2v) is 5.71. The molecule has 0 spiro atoms. The van der Waals surface area contributed by atoms with Gasteiger partial charge in [-0.1, -0.05) is 18.5 Å². The van der Waals surface area contributed by atoms with Crippen LogP contribution in [0.3, 0.4) is 0 Å². The summed E-state index contributed by atoms with van der Waals surface area (Å²) in [6.07, 6.45) is -0.0136. The highest BCUT2D eigenvalue weighted by molar-refractivity contribution is 6.30. The van der Waals surface area contributed by atoms with E-state index in [1.807, 2.05) is 32.9 Å². The molecule has 1 rings (SSSR count). The Morgan fingerprint density at radius 3 is 2.55 bits per heavy atom. The Morgan fingerprint density at radius 1 is 1.27 bits per heavy atom. The first kappa shape index (κ1) is 18.6. The van der Waals surface area contributed by atoms with Gasteiger partial charge in [0.05, 0.1) is 6.54 Å². The van der Waals surface area contributed by atoms with Crippen LogP contribution in [0, 0.1) is 5.92 Å². The summed E-state index contributed by atoms with van der Waals surface area (Å²) in [7, 11) is 0. The van der Waals surface area contributed by atoms with Gasteiger partial charge in [0.15, 0.2) is 5.96 Å². The second kappa shape index (κ2) is 10.3.